The average molecular weight is 386 g/mol. The van der Waals surface area contributed by atoms with Gasteiger partial charge in [-0.1, -0.05) is 23.8 Å². The number of nitrogens with two attached hydrogens (primary N) is 1. The molecule has 2 aromatic carbocycles. The minimum Gasteiger partial charge on any atom is -0.398 e. The van der Waals surface area contributed by atoms with E-state index >= 15 is 0 Å². The molecule has 0 atom stereocenters. The van der Waals surface area contributed by atoms with Crippen molar-refractivity contribution in [3.63, 3.8) is 0 Å². The van der Waals surface area contributed by atoms with E-state index in [1.165, 1.54) is 23.1 Å². The Kier molecular flexibility index (Phi) is 4.51. The number of fused-ring (bicyclic) bond motifs is 4. The van der Waals surface area contributed by atoms with E-state index in [0.717, 1.165) is 58.3 Å². The van der Waals surface area contributed by atoms with Crippen molar-refractivity contribution in [3.8, 4) is 11.1 Å². The lowest BCUT2D eigenvalue weighted by atomic mass is 9.87. The molecule has 2 aliphatic carbocycles. The molecule has 0 radical (unpaired) electrons. The summed E-state index contributed by atoms with van der Waals surface area (Å²) in [5.74, 6) is 0.0357. The van der Waals surface area contributed by atoms with Gasteiger partial charge in [0.15, 0.2) is 0 Å². The van der Waals surface area contributed by atoms with E-state index in [4.69, 9.17) is 10.5 Å². The van der Waals surface area contributed by atoms with Gasteiger partial charge in [0.25, 0.3) is 5.91 Å². The smallest absolute Gasteiger partial charge is 0.252 e. The number of nitrogen functional groups attached to an aromatic ring is 1. The predicted molar refractivity (Wildman–Crippen MR) is 116 cm³/mol. The first-order chi connectivity index (χ1) is 14.2. The molecule has 1 amide bonds. The Morgan fingerprint density at radius 1 is 1.17 bits per heavy atom. The van der Waals surface area contributed by atoms with E-state index in [9.17, 15) is 4.79 Å². The number of hydrogen-bond donors (Lipinski definition) is 2. The molecule has 0 aromatic heterocycles. The molecular weight excluding hydrogens is 360 g/mol. The molecule has 4 heteroatoms. The molecule has 148 valence electrons. The Hall–Kier alpha value is -2.85. The quantitative estimate of drug-likeness (QED) is 0.744. The number of hydrogen-bond acceptors (Lipinski definition) is 3. The lowest BCUT2D eigenvalue weighted by Crippen LogP contribution is -2.13. The molecule has 0 fully saturated rings. The molecule has 3 aliphatic rings. The molecule has 4 nitrogen and oxygen atoms in total. The highest BCUT2D eigenvalue weighted by atomic mass is 16.5. The Labute approximate surface area is 171 Å². The van der Waals surface area contributed by atoms with Crippen molar-refractivity contribution in [2.75, 3.05) is 12.3 Å². The molecule has 3 N–H and O–H groups in total. The number of carbonyl (C=O) groups is 1. The van der Waals surface area contributed by atoms with Gasteiger partial charge in [-0.3, -0.25) is 4.79 Å². The van der Waals surface area contributed by atoms with Crippen molar-refractivity contribution in [2.45, 2.75) is 45.8 Å². The van der Waals surface area contributed by atoms with Gasteiger partial charge in [0.2, 0.25) is 0 Å². The number of benzene rings is 2. The van der Waals surface area contributed by atoms with Gasteiger partial charge in [0, 0.05) is 24.4 Å². The first-order valence-corrected chi connectivity index (χ1v) is 10.5. The number of nitrogens with one attached hydrogen (secondary N) is 1. The third kappa shape index (κ3) is 2.99. The monoisotopic (exact) mass is 386 g/mol. The second-order valence-electron chi connectivity index (χ2n) is 8.04. The minimum atomic E-state index is 0.0357. The zero-order valence-corrected chi connectivity index (χ0v) is 16.8. The van der Waals surface area contributed by atoms with Crippen LogP contribution in [0.25, 0.3) is 16.7 Å². The summed E-state index contributed by atoms with van der Waals surface area (Å²) >= 11 is 0. The van der Waals surface area contributed by atoms with Crippen molar-refractivity contribution in [1.29, 1.82) is 0 Å². The van der Waals surface area contributed by atoms with Crippen LogP contribution in [-0.4, -0.2) is 12.5 Å². The summed E-state index contributed by atoms with van der Waals surface area (Å²) in [7, 11) is 0. The van der Waals surface area contributed by atoms with Crippen molar-refractivity contribution in [2.24, 2.45) is 0 Å². The molecule has 1 heterocycles. The van der Waals surface area contributed by atoms with Gasteiger partial charge in [-0.15, -0.1) is 0 Å². The fraction of sp³-hybridized carbons (Fsp3) is 0.320. The highest BCUT2D eigenvalue weighted by molar-refractivity contribution is 6.08. The fourth-order valence-electron chi connectivity index (χ4n) is 4.87. The number of ether oxygens (including phenoxy) is 1. The van der Waals surface area contributed by atoms with Crippen LogP contribution in [0, 0.1) is 0 Å². The molecular formula is C25H26N2O2. The maximum Gasteiger partial charge on any atom is 0.252 e. The summed E-state index contributed by atoms with van der Waals surface area (Å²) in [6.07, 6.45) is 8.81. The van der Waals surface area contributed by atoms with Crippen LogP contribution in [-0.2, 0) is 24.3 Å². The molecule has 29 heavy (non-hydrogen) atoms. The zero-order chi connectivity index (χ0) is 20.0. The molecule has 0 unspecified atom stereocenters. The Balaban J connectivity index is 1.69. The van der Waals surface area contributed by atoms with Crippen molar-refractivity contribution in [3.05, 3.63) is 69.8 Å². The third-order valence-corrected chi connectivity index (χ3v) is 6.24. The second-order valence-corrected chi connectivity index (χ2v) is 8.04. The van der Waals surface area contributed by atoms with Crippen LogP contribution in [0.15, 0.2) is 42.0 Å². The molecule has 0 saturated carbocycles. The van der Waals surface area contributed by atoms with Crippen LogP contribution in [0.4, 0.5) is 5.69 Å². The standard InChI is InChI=1S/C25H26N2O2/c1-2-29-14-15-8-9-22(26)20(10-15)19-12-17-11-16-6-4-3-5-7-18(16)23(17)24-21(19)13-27-25(24)28/h5,7-10,12H,2-4,6,11,13-14,26H2,1H3,(H,27,28). The second kappa shape index (κ2) is 7.20. The molecule has 2 aromatic rings. The van der Waals surface area contributed by atoms with E-state index in [0.29, 0.717) is 19.8 Å². The van der Waals surface area contributed by atoms with Gasteiger partial charge in [-0.25, -0.2) is 0 Å². The van der Waals surface area contributed by atoms with Gasteiger partial charge in [-0.2, -0.15) is 0 Å². The van der Waals surface area contributed by atoms with E-state index in [2.05, 4.69) is 29.6 Å². The third-order valence-electron chi connectivity index (χ3n) is 6.24. The van der Waals surface area contributed by atoms with Crippen LogP contribution in [0.1, 0.15) is 58.8 Å². The molecule has 5 rings (SSSR count). The van der Waals surface area contributed by atoms with Gasteiger partial charge >= 0.3 is 0 Å². The van der Waals surface area contributed by atoms with Gasteiger partial charge in [0.1, 0.15) is 0 Å². The average Bonchev–Trinajstić information content (AvgIpc) is 3.18. The van der Waals surface area contributed by atoms with Crippen molar-refractivity contribution in [1.82, 2.24) is 5.32 Å². The van der Waals surface area contributed by atoms with Gasteiger partial charge in [-0.05, 0) is 84.2 Å². The lowest BCUT2D eigenvalue weighted by molar-refractivity contribution is 0.0965. The van der Waals surface area contributed by atoms with E-state index in [1.807, 2.05) is 19.1 Å². The fourth-order valence-corrected chi connectivity index (χ4v) is 4.87. The van der Waals surface area contributed by atoms with Crippen LogP contribution in [0.3, 0.4) is 0 Å². The van der Waals surface area contributed by atoms with Crippen LogP contribution < -0.4 is 11.1 Å². The summed E-state index contributed by atoms with van der Waals surface area (Å²) in [6, 6.07) is 8.35. The number of allylic oxidation sites excluding steroid dienone is 4. The maximum atomic E-state index is 12.9. The molecule has 1 aliphatic heterocycles. The first-order valence-electron chi connectivity index (χ1n) is 10.5. The topological polar surface area (TPSA) is 64.3 Å². The summed E-state index contributed by atoms with van der Waals surface area (Å²) in [5.41, 5.74) is 17.4. The highest BCUT2D eigenvalue weighted by Gasteiger charge is 2.33. The number of carbonyl (C=O) groups excluding carboxylic acids is 1. The largest absolute Gasteiger partial charge is 0.398 e. The maximum absolute atomic E-state index is 12.9. The summed E-state index contributed by atoms with van der Waals surface area (Å²) in [6.45, 7) is 3.79. The predicted octanol–water partition coefficient (Wildman–Crippen LogP) is 4.77. The molecule has 0 saturated heterocycles. The van der Waals surface area contributed by atoms with Crippen molar-refractivity contribution < 1.29 is 9.53 Å². The first kappa shape index (κ1) is 18.2. The van der Waals surface area contributed by atoms with Gasteiger partial charge in [0.05, 0.1) is 12.2 Å². The van der Waals surface area contributed by atoms with Crippen LogP contribution >= 0.6 is 0 Å². The Bertz CT molecular complexity index is 1080. The highest BCUT2D eigenvalue weighted by Crippen LogP contribution is 2.45. The Morgan fingerprint density at radius 3 is 2.93 bits per heavy atom. The SMILES string of the molecule is CCOCc1ccc(N)c(-c2cc3c(c4c2CNC4=O)C2=C(CCCC=C2)C3)c1. The summed E-state index contributed by atoms with van der Waals surface area (Å²) in [5, 5.41) is 3.05. The Morgan fingerprint density at radius 2 is 2.07 bits per heavy atom. The van der Waals surface area contributed by atoms with E-state index < -0.39 is 0 Å². The summed E-state index contributed by atoms with van der Waals surface area (Å²) in [4.78, 5) is 12.9. The van der Waals surface area contributed by atoms with E-state index in [1.54, 1.807) is 0 Å². The minimum absolute atomic E-state index is 0.0357. The number of rotatable bonds is 4. The molecule has 0 bridgehead atoms. The lowest BCUT2D eigenvalue weighted by Gasteiger charge is -2.16. The normalized spacial score (nSPS) is 17.1. The van der Waals surface area contributed by atoms with E-state index in [-0.39, 0.29) is 5.91 Å². The number of anilines is 1. The van der Waals surface area contributed by atoms with Crippen LogP contribution in [0.2, 0.25) is 0 Å². The van der Waals surface area contributed by atoms with Gasteiger partial charge < -0.3 is 15.8 Å². The number of amides is 1. The summed E-state index contributed by atoms with van der Waals surface area (Å²) < 4.78 is 5.59. The zero-order valence-electron chi connectivity index (χ0n) is 16.8. The molecule has 0 spiro atoms. The van der Waals surface area contributed by atoms with Crippen molar-refractivity contribution >= 4 is 17.2 Å². The van der Waals surface area contributed by atoms with Crippen LogP contribution in [0.5, 0.6) is 0 Å².